The van der Waals surface area contributed by atoms with Gasteiger partial charge >= 0.3 is 6.03 Å². The number of carbonyl (C=O) groups excluding carboxylic acids is 1. The summed E-state index contributed by atoms with van der Waals surface area (Å²) in [6, 6.07) is 16.3. The summed E-state index contributed by atoms with van der Waals surface area (Å²) in [6.45, 7) is 0. The second-order valence-electron chi connectivity index (χ2n) is 6.87. The summed E-state index contributed by atoms with van der Waals surface area (Å²) in [5.74, 6) is 0.627. The molecule has 0 radical (unpaired) electrons. The molecule has 1 aromatic heterocycles. The summed E-state index contributed by atoms with van der Waals surface area (Å²) in [5, 5.41) is 14.8. The molecule has 0 spiro atoms. The van der Waals surface area contributed by atoms with Crippen molar-refractivity contribution in [2.75, 3.05) is 0 Å². The lowest BCUT2D eigenvalue weighted by Crippen LogP contribution is -2.42. The fourth-order valence-corrected chi connectivity index (χ4v) is 3.67. The van der Waals surface area contributed by atoms with Crippen molar-refractivity contribution >= 4 is 17.6 Å². The number of carbonyl (C=O) groups is 1. The molecule has 0 saturated heterocycles. The van der Waals surface area contributed by atoms with Gasteiger partial charge in [-0.25, -0.2) is 4.79 Å². The first-order valence-corrected chi connectivity index (χ1v) is 9.79. The van der Waals surface area contributed by atoms with E-state index in [4.69, 9.17) is 16.0 Å². The van der Waals surface area contributed by atoms with Crippen molar-refractivity contribution in [2.24, 2.45) is 0 Å². The van der Waals surface area contributed by atoms with Crippen LogP contribution in [-0.4, -0.2) is 22.3 Å². The summed E-state index contributed by atoms with van der Waals surface area (Å²) in [5.41, 5.74) is 1.52. The van der Waals surface area contributed by atoms with Gasteiger partial charge in [0.2, 0.25) is 11.8 Å². The van der Waals surface area contributed by atoms with Gasteiger partial charge in [-0.15, -0.1) is 10.2 Å². The van der Waals surface area contributed by atoms with Gasteiger partial charge in [-0.1, -0.05) is 66.9 Å². The van der Waals surface area contributed by atoms with Crippen LogP contribution in [0, 0.1) is 0 Å². The smallest absolute Gasteiger partial charge is 0.315 e. The molecule has 1 aliphatic rings. The Morgan fingerprint density at radius 2 is 1.75 bits per heavy atom. The Kier molecular flexibility index (Phi) is 5.58. The predicted octanol–water partition coefficient (Wildman–Crippen LogP) is 4.72. The molecule has 0 bridgehead atoms. The van der Waals surface area contributed by atoms with Crippen molar-refractivity contribution in [1.82, 2.24) is 20.8 Å². The zero-order valence-electron chi connectivity index (χ0n) is 15.3. The SMILES string of the molecule is O=C(NC1CCCC1)N[C@@H](c1ccccc1)c1nnc(-c2ccccc2Cl)o1. The Bertz CT molecular complexity index is 938. The molecule has 4 rings (SSSR count). The van der Waals surface area contributed by atoms with Gasteiger partial charge in [0, 0.05) is 6.04 Å². The number of halogens is 1. The van der Waals surface area contributed by atoms with Crippen LogP contribution < -0.4 is 10.6 Å². The molecule has 1 fully saturated rings. The van der Waals surface area contributed by atoms with Gasteiger partial charge in [0.15, 0.2) is 0 Å². The highest BCUT2D eigenvalue weighted by atomic mass is 35.5. The van der Waals surface area contributed by atoms with Gasteiger partial charge in [-0.2, -0.15) is 0 Å². The minimum atomic E-state index is -0.550. The molecule has 28 heavy (non-hydrogen) atoms. The van der Waals surface area contributed by atoms with Crippen molar-refractivity contribution in [3.8, 4) is 11.5 Å². The number of aromatic nitrogens is 2. The van der Waals surface area contributed by atoms with E-state index >= 15 is 0 Å². The van der Waals surface area contributed by atoms with Crippen LogP contribution in [0.15, 0.2) is 59.0 Å². The van der Waals surface area contributed by atoms with E-state index in [9.17, 15) is 4.79 Å². The van der Waals surface area contributed by atoms with Gasteiger partial charge in [0.1, 0.15) is 6.04 Å². The molecule has 1 atom stereocenters. The Labute approximate surface area is 168 Å². The van der Waals surface area contributed by atoms with Crippen molar-refractivity contribution < 1.29 is 9.21 Å². The highest BCUT2D eigenvalue weighted by molar-refractivity contribution is 6.33. The summed E-state index contributed by atoms with van der Waals surface area (Å²) in [4.78, 5) is 12.6. The molecule has 2 aromatic carbocycles. The van der Waals surface area contributed by atoms with Crippen LogP contribution in [0.3, 0.4) is 0 Å². The van der Waals surface area contributed by atoms with Crippen LogP contribution in [0.4, 0.5) is 4.79 Å². The Morgan fingerprint density at radius 3 is 2.50 bits per heavy atom. The molecule has 0 unspecified atom stereocenters. The van der Waals surface area contributed by atoms with E-state index in [1.54, 1.807) is 6.07 Å². The quantitative estimate of drug-likeness (QED) is 0.653. The number of nitrogens with zero attached hydrogens (tertiary/aromatic N) is 2. The third-order valence-corrected chi connectivity index (χ3v) is 5.22. The second kappa shape index (κ2) is 8.44. The summed E-state index contributed by atoms with van der Waals surface area (Å²) < 4.78 is 5.89. The highest BCUT2D eigenvalue weighted by Gasteiger charge is 2.25. The Hall–Kier alpha value is -2.86. The van der Waals surface area contributed by atoms with Crippen LogP contribution in [0.5, 0.6) is 0 Å². The molecule has 2 N–H and O–H groups in total. The van der Waals surface area contributed by atoms with Crippen LogP contribution in [0.25, 0.3) is 11.5 Å². The number of hydrogen-bond donors (Lipinski definition) is 2. The number of rotatable bonds is 5. The van der Waals surface area contributed by atoms with Crippen LogP contribution in [0.2, 0.25) is 5.02 Å². The van der Waals surface area contributed by atoms with Crippen LogP contribution in [-0.2, 0) is 0 Å². The van der Waals surface area contributed by atoms with Crippen LogP contribution in [0.1, 0.15) is 43.2 Å². The van der Waals surface area contributed by atoms with Crippen LogP contribution >= 0.6 is 11.6 Å². The van der Waals surface area contributed by atoms with Gasteiger partial charge in [-0.3, -0.25) is 0 Å². The maximum atomic E-state index is 12.6. The predicted molar refractivity (Wildman–Crippen MR) is 107 cm³/mol. The Morgan fingerprint density at radius 1 is 1.04 bits per heavy atom. The van der Waals surface area contributed by atoms with Crippen molar-refractivity contribution in [3.05, 3.63) is 71.1 Å². The number of nitrogens with one attached hydrogen (secondary N) is 2. The normalized spacial score (nSPS) is 15.3. The summed E-state index contributed by atoms with van der Waals surface area (Å²) in [7, 11) is 0. The minimum Gasteiger partial charge on any atom is -0.418 e. The Balaban J connectivity index is 1.59. The molecule has 1 aliphatic carbocycles. The maximum absolute atomic E-state index is 12.6. The van der Waals surface area contributed by atoms with E-state index in [0.717, 1.165) is 31.2 Å². The lowest BCUT2D eigenvalue weighted by molar-refractivity contribution is 0.233. The van der Waals surface area contributed by atoms with E-state index in [0.29, 0.717) is 22.4 Å². The summed E-state index contributed by atoms with van der Waals surface area (Å²) >= 11 is 6.24. The van der Waals surface area contributed by atoms with E-state index in [-0.39, 0.29) is 12.1 Å². The lowest BCUT2D eigenvalue weighted by Gasteiger charge is -2.18. The molecule has 144 valence electrons. The third-order valence-electron chi connectivity index (χ3n) is 4.89. The van der Waals surface area contributed by atoms with E-state index in [1.165, 1.54) is 0 Å². The average Bonchev–Trinajstić information content (AvgIpc) is 3.39. The first-order valence-electron chi connectivity index (χ1n) is 9.41. The average molecular weight is 397 g/mol. The van der Waals surface area contributed by atoms with Gasteiger partial charge in [0.05, 0.1) is 10.6 Å². The zero-order chi connectivity index (χ0) is 19.3. The fraction of sp³-hybridized carbons (Fsp3) is 0.286. The first-order chi connectivity index (χ1) is 13.7. The fourth-order valence-electron chi connectivity index (χ4n) is 3.46. The molecule has 1 saturated carbocycles. The van der Waals surface area contributed by atoms with E-state index in [1.807, 2.05) is 48.5 Å². The summed E-state index contributed by atoms with van der Waals surface area (Å²) in [6.07, 6.45) is 4.33. The molecule has 0 aliphatic heterocycles. The first kappa shape index (κ1) is 18.5. The second-order valence-corrected chi connectivity index (χ2v) is 7.28. The van der Waals surface area contributed by atoms with E-state index < -0.39 is 6.04 Å². The van der Waals surface area contributed by atoms with Crippen molar-refractivity contribution in [2.45, 2.75) is 37.8 Å². The van der Waals surface area contributed by atoms with E-state index in [2.05, 4.69) is 20.8 Å². The van der Waals surface area contributed by atoms with Gasteiger partial charge < -0.3 is 15.1 Å². The monoisotopic (exact) mass is 396 g/mol. The number of hydrogen-bond acceptors (Lipinski definition) is 4. The standard InChI is InChI=1S/C21H21ClN4O2/c22-17-13-7-6-12-16(17)19-25-26-20(28-19)18(14-8-2-1-3-9-14)24-21(27)23-15-10-4-5-11-15/h1-3,6-9,12-13,15,18H,4-5,10-11H2,(H2,23,24,27)/t18-/m0/s1. The minimum absolute atomic E-state index is 0.220. The topological polar surface area (TPSA) is 80.0 Å². The number of amides is 2. The molecule has 6 nitrogen and oxygen atoms in total. The van der Waals surface area contributed by atoms with Gasteiger partial charge in [-0.05, 0) is 30.5 Å². The molecular weight excluding hydrogens is 376 g/mol. The molecular formula is C21H21ClN4O2. The lowest BCUT2D eigenvalue weighted by atomic mass is 10.1. The molecule has 7 heteroatoms. The molecule has 1 heterocycles. The largest absolute Gasteiger partial charge is 0.418 e. The van der Waals surface area contributed by atoms with Gasteiger partial charge in [0.25, 0.3) is 0 Å². The molecule has 2 amide bonds. The number of urea groups is 1. The van der Waals surface area contributed by atoms with Crippen molar-refractivity contribution in [1.29, 1.82) is 0 Å². The highest BCUT2D eigenvalue weighted by Crippen LogP contribution is 2.29. The third kappa shape index (κ3) is 4.17. The number of benzene rings is 2. The molecule has 3 aromatic rings. The van der Waals surface area contributed by atoms with Crippen molar-refractivity contribution in [3.63, 3.8) is 0 Å². The maximum Gasteiger partial charge on any atom is 0.315 e. The zero-order valence-corrected chi connectivity index (χ0v) is 16.0.